The third-order valence-corrected chi connectivity index (χ3v) is 5.86. The Bertz CT molecular complexity index is 1490. The van der Waals surface area contributed by atoms with Gasteiger partial charge in [-0.2, -0.15) is 0 Å². The van der Waals surface area contributed by atoms with Crippen LogP contribution in [0.5, 0.6) is 11.5 Å². The van der Waals surface area contributed by atoms with Crippen molar-refractivity contribution in [1.29, 1.82) is 0 Å². The van der Waals surface area contributed by atoms with Crippen molar-refractivity contribution in [1.82, 2.24) is 14.6 Å². The summed E-state index contributed by atoms with van der Waals surface area (Å²) in [5.41, 5.74) is 3.29. The number of ether oxygens (including phenoxy) is 2. The number of methoxy groups -OCH3 is 2. The summed E-state index contributed by atoms with van der Waals surface area (Å²) in [6.45, 7) is 0.393. The van der Waals surface area contributed by atoms with E-state index in [4.69, 9.17) is 14.7 Å². The number of carbonyl (C=O) groups excluding carboxylic acids is 1. The van der Waals surface area contributed by atoms with Gasteiger partial charge in [0.1, 0.15) is 0 Å². The van der Waals surface area contributed by atoms with Gasteiger partial charge in [0.2, 0.25) is 0 Å². The average Bonchev–Trinajstić information content (AvgIpc) is 2.90. The van der Waals surface area contributed by atoms with Crippen LogP contribution in [-0.4, -0.2) is 34.5 Å². The normalized spacial score (nSPS) is 10.8. The van der Waals surface area contributed by atoms with Gasteiger partial charge in [-0.05, 0) is 53.9 Å². The summed E-state index contributed by atoms with van der Waals surface area (Å²) < 4.78 is 13.4. The van der Waals surface area contributed by atoms with Crippen LogP contribution in [0.4, 0.5) is 0 Å². The molecule has 0 spiro atoms. The van der Waals surface area contributed by atoms with Crippen LogP contribution in [0, 0.1) is 0 Å². The maximum atomic E-state index is 13.5. The quantitative estimate of drug-likeness (QED) is 0.299. The molecule has 4 aromatic rings. The van der Waals surface area contributed by atoms with E-state index in [1.807, 2.05) is 12.1 Å². The first-order chi connectivity index (χ1) is 17.0. The SMILES string of the molecule is COc1ccc(CCn2c(=O)c3ccccc3n(Cc3ccc(C(=O)NO)cc3)c2=O)cc1OC. The highest BCUT2D eigenvalue weighted by Crippen LogP contribution is 2.27. The highest BCUT2D eigenvalue weighted by molar-refractivity contribution is 5.93. The third kappa shape index (κ3) is 4.80. The molecule has 0 saturated heterocycles. The van der Waals surface area contributed by atoms with Crippen LogP contribution in [0.25, 0.3) is 10.9 Å². The van der Waals surface area contributed by atoms with Crippen LogP contribution in [0.15, 0.2) is 76.3 Å². The zero-order valence-electron chi connectivity index (χ0n) is 19.4. The van der Waals surface area contributed by atoms with Crippen LogP contribution < -0.4 is 26.2 Å². The molecule has 35 heavy (non-hydrogen) atoms. The molecule has 0 aliphatic rings. The van der Waals surface area contributed by atoms with Crippen molar-refractivity contribution < 1.29 is 19.5 Å². The van der Waals surface area contributed by atoms with E-state index in [0.717, 1.165) is 11.1 Å². The Kier molecular flexibility index (Phi) is 6.98. The standard InChI is InChI=1S/C26H25N3O6/c1-34-22-12-9-17(15-23(22)35-2)13-14-28-25(31)20-5-3-4-6-21(20)29(26(28)32)16-18-7-10-19(11-8-18)24(30)27-33/h3-12,15,33H,13-14,16H2,1-2H3,(H,27,30). The molecular formula is C26H25N3O6. The second-order valence-electron chi connectivity index (χ2n) is 7.92. The van der Waals surface area contributed by atoms with E-state index >= 15 is 0 Å². The smallest absolute Gasteiger partial charge is 0.331 e. The molecular weight excluding hydrogens is 450 g/mol. The molecule has 0 aliphatic carbocycles. The lowest BCUT2D eigenvalue weighted by Gasteiger charge is -2.15. The van der Waals surface area contributed by atoms with Gasteiger partial charge in [0.25, 0.3) is 11.5 Å². The number of amides is 1. The summed E-state index contributed by atoms with van der Waals surface area (Å²) in [4.78, 5) is 38.2. The number of benzene rings is 3. The number of hydroxylamine groups is 1. The summed E-state index contributed by atoms with van der Waals surface area (Å²) in [5, 5.41) is 9.24. The average molecular weight is 476 g/mol. The molecule has 0 aliphatic heterocycles. The number of para-hydroxylation sites is 1. The maximum Gasteiger partial charge on any atom is 0.331 e. The van der Waals surface area contributed by atoms with Gasteiger partial charge in [0.15, 0.2) is 11.5 Å². The molecule has 1 heterocycles. The second kappa shape index (κ2) is 10.3. The predicted octanol–water partition coefficient (Wildman–Crippen LogP) is 2.59. The number of nitrogens with one attached hydrogen (secondary N) is 1. The van der Waals surface area contributed by atoms with E-state index in [1.54, 1.807) is 78.9 Å². The number of hydrogen-bond acceptors (Lipinski definition) is 6. The van der Waals surface area contributed by atoms with Crippen molar-refractivity contribution in [2.45, 2.75) is 19.5 Å². The first-order valence-corrected chi connectivity index (χ1v) is 10.9. The van der Waals surface area contributed by atoms with Crippen LogP contribution in [0.3, 0.4) is 0 Å². The van der Waals surface area contributed by atoms with Gasteiger partial charge in [-0.25, -0.2) is 10.3 Å². The minimum atomic E-state index is -0.622. The third-order valence-electron chi connectivity index (χ3n) is 5.86. The topological polar surface area (TPSA) is 112 Å². The predicted molar refractivity (Wildman–Crippen MR) is 131 cm³/mol. The fourth-order valence-corrected chi connectivity index (χ4v) is 4.01. The molecule has 2 N–H and O–H groups in total. The van der Waals surface area contributed by atoms with Gasteiger partial charge in [-0.15, -0.1) is 0 Å². The number of fused-ring (bicyclic) bond motifs is 1. The van der Waals surface area contributed by atoms with Gasteiger partial charge >= 0.3 is 5.69 Å². The first-order valence-electron chi connectivity index (χ1n) is 10.9. The van der Waals surface area contributed by atoms with Crippen LogP contribution >= 0.6 is 0 Å². The zero-order chi connectivity index (χ0) is 24.9. The molecule has 3 aromatic carbocycles. The van der Waals surface area contributed by atoms with Gasteiger partial charge in [-0.3, -0.25) is 23.9 Å². The second-order valence-corrected chi connectivity index (χ2v) is 7.92. The molecule has 9 nitrogen and oxygen atoms in total. The molecule has 0 unspecified atom stereocenters. The summed E-state index contributed by atoms with van der Waals surface area (Å²) >= 11 is 0. The van der Waals surface area contributed by atoms with Gasteiger partial charge in [0, 0.05) is 12.1 Å². The van der Waals surface area contributed by atoms with Crippen LogP contribution in [0.2, 0.25) is 0 Å². The molecule has 0 saturated carbocycles. The molecule has 9 heteroatoms. The highest BCUT2D eigenvalue weighted by atomic mass is 16.5. The summed E-state index contributed by atoms with van der Waals surface area (Å²) in [6, 6.07) is 19.0. The number of rotatable bonds is 8. The lowest BCUT2D eigenvalue weighted by atomic mass is 10.1. The van der Waals surface area contributed by atoms with Crippen molar-refractivity contribution in [3.8, 4) is 11.5 Å². The minimum absolute atomic E-state index is 0.188. The Morgan fingerprint density at radius 3 is 2.26 bits per heavy atom. The Balaban J connectivity index is 1.71. The summed E-state index contributed by atoms with van der Waals surface area (Å²) in [6.07, 6.45) is 0.443. The largest absolute Gasteiger partial charge is 0.493 e. The lowest BCUT2D eigenvalue weighted by Crippen LogP contribution is -2.40. The Morgan fingerprint density at radius 1 is 0.886 bits per heavy atom. The Morgan fingerprint density at radius 2 is 1.57 bits per heavy atom. The fourth-order valence-electron chi connectivity index (χ4n) is 4.01. The van der Waals surface area contributed by atoms with E-state index in [2.05, 4.69) is 0 Å². The van der Waals surface area contributed by atoms with E-state index < -0.39 is 11.6 Å². The molecule has 0 radical (unpaired) electrons. The number of carbonyl (C=O) groups is 1. The molecule has 0 fully saturated rings. The summed E-state index contributed by atoms with van der Waals surface area (Å²) in [7, 11) is 3.11. The van der Waals surface area contributed by atoms with Crippen molar-refractivity contribution >= 4 is 16.8 Å². The van der Waals surface area contributed by atoms with Crippen molar-refractivity contribution in [2.24, 2.45) is 0 Å². The maximum absolute atomic E-state index is 13.5. The monoisotopic (exact) mass is 475 g/mol. The minimum Gasteiger partial charge on any atom is -0.493 e. The van der Waals surface area contributed by atoms with Crippen molar-refractivity contribution in [3.05, 3.63) is 104 Å². The van der Waals surface area contributed by atoms with Gasteiger partial charge in [-0.1, -0.05) is 30.3 Å². The van der Waals surface area contributed by atoms with E-state index in [9.17, 15) is 14.4 Å². The van der Waals surface area contributed by atoms with E-state index in [1.165, 1.54) is 4.57 Å². The Hall–Kier alpha value is -4.37. The molecule has 4 rings (SSSR count). The number of hydrogen-bond donors (Lipinski definition) is 2. The molecule has 0 bridgehead atoms. The first kappa shape index (κ1) is 23.8. The van der Waals surface area contributed by atoms with Crippen LogP contribution in [0.1, 0.15) is 21.5 Å². The van der Waals surface area contributed by atoms with Crippen molar-refractivity contribution in [3.63, 3.8) is 0 Å². The summed E-state index contributed by atoms with van der Waals surface area (Å²) in [5.74, 6) is 0.554. The van der Waals surface area contributed by atoms with Crippen molar-refractivity contribution in [2.75, 3.05) is 14.2 Å². The number of aryl methyl sites for hydroxylation is 1. The highest BCUT2D eigenvalue weighted by Gasteiger charge is 2.14. The molecule has 0 atom stereocenters. The molecule has 1 amide bonds. The van der Waals surface area contributed by atoms with E-state index in [0.29, 0.717) is 28.8 Å². The Labute approximate surface area is 200 Å². The van der Waals surface area contributed by atoms with Crippen LogP contribution in [-0.2, 0) is 19.5 Å². The zero-order valence-corrected chi connectivity index (χ0v) is 19.4. The van der Waals surface area contributed by atoms with Gasteiger partial charge in [0.05, 0.1) is 31.7 Å². The fraction of sp³-hybridized carbons (Fsp3) is 0.192. The molecule has 180 valence electrons. The number of nitrogens with zero attached hydrogens (tertiary/aromatic N) is 2. The molecule has 1 aromatic heterocycles. The van der Waals surface area contributed by atoms with E-state index in [-0.39, 0.29) is 24.2 Å². The lowest BCUT2D eigenvalue weighted by molar-refractivity contribution is 0.0706. The van der Waals surface area contributed by atoms with Gasteiger partial charge < -0.3 is 9.47 Å². The number of aromatic nitrogens is 2.